The van der Waals surface area contributed by atoms with E-state index < -0.39 is 6.10 Å². The fourth-order valence-corrected chi connectivity index (χ4v) is 3.81. The van der Waals surface area contributed by atoms with Crippen molar-refractivity contribution in [2.45, 2.75) is 38.8 Å². The highest BCUT2D eigenvalue weighted by Crippen LogP contribution is 2.37. The molecular formula is C24H30N2O4. The number of nitrogens with one attached hydrogen (secondary N) is 1. The third-order valence-corrected chi connectivity index (χ3v) is 5.37. The molecule has 1 N–H and O–H groups in total. The Kier molecular flexibility index (Phi) is 7.46. The molecule has 6 heteroatoms. The van der Waals surface area contributed by atoms with Crippen molar-refractivity contribution >= 4 is 11.8 Å². The summed E-state index contributed by atoms with van der Waals surface area (Å²) in [6.45, 7) is 5.21. The number of benzene rings is 2. The standard InChI is InChI=1S/C24H30N2O4/c1-4-22(27)26-14-12-18-10-11-20(30-17(2)24(28)25-13-15-29-3)16-21(18)23(26)19-8-6-5-7-9-19/h5-11,16-17,23H,4,12-15H2,1-3H3,(H,25,28). The van der Waals surface area contributed by atoms with Crippen molar-refractivity contribution in [2.75, 3.05) is 26.8 Å². The molecule has 1 aliphatic heterocycles. The van der Waals surface area contributed by atoms with E-state index in [0.29, 0.717) is 31.9 Å². The van der Waals surface area contributed by atoms with Crippen LogP contribution in [0.1, 0.15) is 43.0 Å². The number of fused-ring (bicyclic) bond motifs is 1. The Labute approximate surface area is 178 Å². The van der Waals surface area contributed by atoms with Gasteiger partial charge in [-0.15, -0.1) is 0 Å². The topological polar surface area (TPSA) is 67.9 Å². The highest BCUT2D eigenvalue weighted by molar-refractivity contribution is 5.80. The summed E-state index contributed by atoms with van der Waals surface area (Å²) in [5.74, 6) is 0.564. The molecule has 1 heterocycles. The molecule has 3 rings (SSSR count). The maximum atomic E-state index is 12.7. The van der Waals surface area contributed by atoms with E-state index in [2.05, 4.69) is 17.4 Å². The quantitative estimate of drug-likeness (QED) is 0.679. The summed E-state index contributed by atoms with van der Waals surface area (Å²) in [6.07, 6.45) is 0.637. The second-order valence-corrected chi connectivity index (χ2v) is 7.41. The maximum absolute atomic E-state index is 12.7. The van der Waals surface area contributed by atoms with E-state index in [-0.39, 0.29) is 17.9 Å². The molecule has 0 fully saturated rings. The molecule has 6 nitrogen and oxygen atoms in total. The first-order valence-corrected chi connectivity index (χ1v) is 10.5. The minimum atomic E-state index is -0.632. The van der Waals surface area contributed by atoms with Gasteiger partial charge in [-0.3, -0.25) is 9.59 Å². The van der Waals surface area contributed by atoms with Gasteiger partial charge >= 0.3 is 0 Å². The fourth-order valence-electron chi connectivity index (χ4n) is 3.81. The molecule has 0 saturated carbocycles. The lowest BCUT2D eigenvalue weighted by atomic mass is 9.87. The van der Waals surface area contributed by atoms with Crippen molar-refractivity contribution in [3.05, 3.63) is 65.2 Å². The second kappa shape index (κ2) is 10.3. The zero-order valence-electron chi connectivity index (χ0n) is 17.9. The van der Waals surface area contributed by atoms with Crippen LogP contribution in [0.25, 0.3) is 0 Å². The lowest BCUT2D eigenvalue weighted by Crippen LogP contribution is -2.40. The average molecular weight is 411 g/mol. The highest BCUT2D eigenvalue weighted by Gasteiger charge is 2.31. The van der Waals surface area contributed by atoms with E-state index in [1.54, 1.807) is 14.0 Å². The summed E-state index contributed by atoms with van der Waals surface area (Å²) < 4.78 is 10.9. The molecule has 0 spiro atoms. The molecule has 0 saturated heterocycles. The molecule has 30 heavy (non-hydrogen) atoms. The number of carbonyl (C=O) groups excluding carboxylic acids is 2. The minimum Gasteiger partial charge on any atom is -0.481 e. The maximum Gasteiger partial charge on any atom is 0.260 e. The van der Waals surface area contributed by atoms with Crippen LogP contribution in [-0.2, 0) is 20.7 Å². The van der Waals surface area contributed by atoms with Gasteiger partial charge in [0.05, 0.1) is 12.6 Å². The van der Waals surface area contributed by atoms with Gasteiger partial charge in [0.2, 0.25) is 5.91 Å². The summed E-state index contributed by atoms with van der Waals surface area (Å²) in [5.41, 5.74) is 3.33. The summed E-state index contributed by atoms with van der Waals surface area (Å²) in [5, 5.41) is 2.79. The molecule has 2 unspecified atom stereocenters. The van der Waals surface area contributed by atoms with E-state index in [0.717, 1.165) is 17.5 Å². The van der Waals surface area contributed by atoms with Crippen molar-refractivity contribution in [3.63, 3.8) is 0 Å². The average Bonchev–Trinajstić information content (AvgIpc) is 2.78. The van der Waals surface area contributed by atoms with E-state index in [1.165, 1.54) is 5.56 Å². The van der Waals surface area contributed by atoms with Crippen molar-refractivity contribution in [1.29, 1.82) is 0 Å². The SMILES string of the molecule is CCC(=O)N1CCc2ccc(OC(C)C(=O)NCCOC)cc2C1c1ccccc1. The number of rotatable bonds is 8. The number of hydrogen-bond donors (Lipinski definition) is 1. The smallest absolute Gasteiger partial charge is 0.260 e. The summed E-state index contributed by atoms with van der Waals surface area (Å²) in [6, 6.07) is 15.8. The Morgan fingerprint density at radius 3 is 2.67 bits per heavy atom. The van der Waals surface area contributed by atoms with Crippen LogP contribution in [0.3, 0.4) is 0 Å². The second-order valence-electron chi connectivity index (χ2n) is 7.41. The summed E-state index contributed by atoms with van der Waals surface area (Å²) in [4.78, 5) is 26.8. The first kappa shape index (κ1) is 21.8. The Hall–Kier alpha value is -2.86. The van der Waals surface area contributed by atoms with Gasteiger partial charge in [-0.25, -0.2) is 0 Å². The number of carbonyl (C=O) groups is 2. The molecule has 2 atom stereocenters. The number of amides is 2. The van der Waals surface area contributed by atoms with Crippen LogP contribution in [0.2, 0.25) is 0 Å². The van der Waals surface area contributed by atoms with Crippen LogP contribution >= 0.6 is 0 Å². The molecule has 1 aliphatic rings. The van der Waals surface area contributed by atoms with Gasteiger partial charge < -0.3 is 19.7 Å². The van der Waals surface area contributed by atoms with E-state index in [1.807, 2.05) is 48.2 Å². The third-order valence-electron chi connectivity index (χ3n) is 5.37. The van der Waals surface area contributed by atoms with Gasteiger partial charge in [0.15, 0.2) is 6.10 Å². The van der Waals surface area contributed by atoms with Gasteiger partial charge in [-0.1, -0.05) is 43.3 Å². The van der Waals surface area contributed by atoms with Gasteiger partial charge in [-0.05, 0) is 42.2 Å². The summed E-state index contributed by atoms with van der Waals surface area (Å²) in [7, 11) is 1.59. The Morgan fingerprint density at radius 1 is 1.20 bits per heavy atom. The Bertz CT molecular complexity index is 869. The van der Waals surface area contributed by atoms with Crippen LogP contribution in [0.4, 0.5) is 0 Å². The first-order valence-electron chi connectivity index (χ1n) is 10.5. The minimum absolute atomic E-state index is 0.131. The number of hydrogen-bond acceptors (Lipinski definition) is 4. The molecule has 0 aliphatic carbocycles. The Morgan fingerprint density at radius 2 is 1.97 bits per heavy atom. The first-order chi connectivity index (χ1) is 14.5. The number of methoxy groups -OCH3 is 1. The van der Waals surface area contributed by atoms with E-state index in [4.69, 9.17) is 9.47 Å². The van der Waals surface area contributed by atoms with Crippen LogP contribution in [-0.4, -0.2) is 49.6 Å². The normalized spacial score (nSPS) is 16.5. The van der Waals surface area contributed by atoms with Gasteiger partial charge in [0, 0.05) is 26.6 Å². The van der Waals surface area contributed by atoms with Crippen molar-refractivity contribution in [1.82, 2.24) is 10.2 Å². The van der Waals surface area contributed by atoms with Crippen molar-refractivity contribution < 1.29 is 19.1 Å². The molecule has 2 aromatic carbocycles. The molecule has 0 aromatic heterocycles. The molecule has 160 valence electrons. The van der Waals surface area contributed by atoms with Crippen LogP contribution < -0.4 is 10.1 Å². The predicted octanol–water partition coefficient (Wildman–Crippen LogP) is 3.10. The zero-order chi connectivity index (χ0) is 21.5. The monoisotopic (exact) mass is 410 g/mol. The van der Waals surface area contributed by atoms with Gasteiger partial charge in [-0.2, -0.15) is 0 Å². The lowest BCUT2D eigenvalue weighted by molar-refractivity contribution is -0.133. The van der Waals surface area contributed by atoms with Crippen molar-refractivity contribution in [3.8, 4) is 5.75 Å². The number of nitrogens with zero attached hydrogens (tertiary/aromatic N) is 1. The fraction of sp³-hybridized carbons (Fsp3) is 0.417. The highest BCUT2D eigenvalue weighted by atomic mass is 16.5. The van der Waals surface area contributed by atoms with E-state index in [9.17, 15) is 9.59 Å². The molecule has 0 radical (unpaired) electrons. The summed E-state index contributed by atoms with van der Waals surface area (Å²) >= 11 is 0. The molecular weight excluding hydrogens is 380 g/mol. The van der Waals surface area contributed by atoms with Crippen molar-refractivity contribution in [2.24, 2.45) is 0 Å². The molecule has 0 bridgehead atoms. The van der Waals surface area contributed by atoms with Gasteiger partial charge in [0.25, 0.3) is 5.91 Å². The Balaban J connectivity index is 1.87. The van der Waals surface area contributed by atoms with Crippen LogP contribution in [0.5, 0.6) is 5.75 Å². The van der Waals surface area contributed by atoms with Crippen LogP contribution in [0.15, 0.2) is 48.5 Å². The molecule has 2 aromatic rings. The lowest BCUT2D eigenvalue weighted by Gasteiger charge is -2.38. The number of ether oxygens (including phenoxy) is 2. The zero-order valence-corrected chi connectivity index (χ0v) is 17.9. The third kappa shape index (κ3) is 5.00. The van der Waals surface area contributed by atoms with Gasteiger partial charge in [0.1, 0.15) is 5.75 Å². The predicted molar refractivity (Wildman–Crippen MR) is 115 cm³/mol. The van der Waals surface area contributed by atoms with E-state index >= 15 is 0 Å². The molecule has 2 amide bonds. The largest absolute Gasteiger partial charge is 0.481 e. The van der Waals surface area contributed by atoms with Crippen LogP contribution in [0, 0.1) is 0 Å².